The van der Waals surface area contributed by atoms with E-state index in [1.54, 1.807) is 6.20 Å². The topological polar surface area (TPSA) is 57.3 Å². The molecule has 1 aromatic rings. The predicted molar refractivity (Wildman–Crippen MR) is 76.5 cm³/mol. The van der Waals surface area contributed by atoms with Crippen LogP contribution in [0.4, 0.5) is 5.82 Å². The molecular formula is C14H22N4O. The number of rotatable bonds is 4. The van der Waals surface area contributed by atoms with Crippen LogP contribution in [0, 0.1) is 0 Å². The van der Waals surface area contributed by atoms with Gasteiger partial charge in [0.05, 0.1) is 5.56 Å². The molecule has 1 fully saturated rings. The van der Waals surface area contributed by atoms with Crippen molar-refractivity contribution in [3.63, 3.8) is 0 Å². The minimum absolute atomic E-state index is 0.0475. The van der Waals surface area contributed by atoms with Gasteiger partial charge in [-0.2, -0.15) is 0 Å². The minimum atomic E-state index is -0.0475. The molecule has 1 saturated heterocycles. The molecule has 0 aromatic carbocycles. The maximum atomic E-state index is 11.9. The largest absolute Gasteiger partial charge is 0.354 e. The summed E-state index contributed by atoms with van der Waals surface area (Å²) in [6.07, 6.45) is 2.59. The van der Waals surface area contributed by atoms with Crippen LogP contribution in [0.15, 0.2) is 18.3 Å². The van der Waals surface area contributed by atoms with Crippen LogP contribution >= 0.6 is 0 Å². The van der Waals surface area contributed by atoms with Crippen LogP contribution in [0.1, 0.15) is 30.6 Å². The Morgan fingerprint density at radius 1 is 1.47 bits per heavy atom. The number of nitrogens with one attached hydrogen (secondary N) is 2. The number of hydrogen-bond acceptors (Lipinski definition) is 4. The lowest BCUT2D eigenvalue weighted by atomic mass is 10.2. The highest BCUT2D eigenvalue weighted by molar-refractivity contribution is 5.94. The van der Waals surface area contributed by atoms with E-state index in [0.29, 0.717) is 5.56 Å². The molecule has 0 spiro atoms. The Labute approximate surface area is 114 Å². The molecule has 0 bridgehead atoms. The monoisotopic (exact) mass is 262 g/mol. The van der Waals surface area contributed by atoms with Crippen molar-refractivity contribution in [3.8, 4) is 0 Å². The molecule has 2 rings (SSSR count). The highest BCUT2D eigenvalue weighted by Crippen LogP contribution is 2.12. The van der Waals surface area contributed by atoms with Crippen molar-refractivity contribution in [1.82, 2.24) is 15.6 Å². The molecule has 2 heterocycles. The SMILES string of the molecule is CCC(C)NC(=O)c1ccc(N2CCNCC2)nc1. The molecule has 1 unspecified atom stereocenters. The molecule has 2 N–H and O–H groups in total. The van der Waals surface area contributed by atoms with Crippen LogP contribution in [-0.2, 0) is 0 Å². The van der Waals surface area contributed by atoms with E-state index in [1.165, 1.54) is 0 Å². The molecule has 1 aliphatic rings. The van der Waals surface area contributed by atoms with E-state index in [4.69, 9.17) is 0 Å². The first kappa shape index (κ1) is 13.8. The van der Waals surface area contributed by atoms with Gasteiger partial charge in [0.1, 0.15) is 5.82 Å². The Bertz CT molecular complexity index is 412. The minimum Gasteiger partial charge on any atom is -0.354 e. The third kappa shape index (κ3) is 3.67. The van der Waals surface area contributed by atoms with Gasteiger partial charge in [0, 0.05) is 38.4 Å². The Balaban J connectivity index is 1.99. The summed E-state index contributed by atoms with van der Waals surface area (Å²) in [4.78, 5) is 18.5. The second kappa shape index (κ2) is 6.52. The lowest BCUT2D eigenvalue weighted by Crippen LogP contribution is -2.43. The molecule has 5 nitrogen and oxygen atoms in total. The first-order chi connectivity index (χ1) is 9.20. The molecule has 19 heavy (non-hydrogen) atoms. The molecule has 5 heteroatoms. The highest BCUT2D eigenvalue weighted by Gasteiger charge is 2.13. The summed E-state index contributed by atoms with van der Waals surface area (Å²) in [7, 11) is 0. The fourth-order valence-electron chi connectivity index (χ4n) is 2.01. The Morgan fingerprint density at radius 3 is 2.79 bits per heavy atom. The average Bonchev–Trinajstić information content (AvgIpc) is 2.48. The third-order valence-corrected chi connectivity index (χ3v) is 3.44. The van der Waals surface area contributed by atoms with Crippen molar-refractivity contribution >= 4 is 11.7 Å². The predicted octanol–water partition coefficient (Wildman–Crippen LogP) is 1.02. The van der Waals surface area contributed by atoms with Crippen molar-refractivity contribution in [2.75, 3.05) is 31.1 Å². The van der Waals surface area contributed by atoms with E-state index in [0.717, 1.165) is 38.4 Å². The smallest absolute Gasteiger partial charge is 0.253 e. The first-order valence-electron chi connectivity index (χ1n) is 6.93. The van der Waals surface area contributed by atoms with Crippen molar-refractivity contribution in [2.24, 2.45) is 0 Å². The lowest BCUT2D eigenvalue weighted by molar-refractivity contribution is 0.0939. The van der Waals surface area contributed by atoms with Gasteiger partial charge in [-0.3, -0.25) is 4.79 Å². The summed E-state index contributed by atoms with van der Waals surface area (Å²) >= 11 is 0. The van der Waals surface area contributed by atoms with Gasteiger partial charge >= 0.3 is 0 Å². The zero-order valence-corrected chi connectivity index (χ0v) is 11.6. The first-order valence-corrected chi connectivity index (χ1v) is 6.93. The summed E-state index contributed by atoms with van der Waals surface area (Å²) in [5.41, 5.74) is 0.624. The highest BCUT2D eigenvalue weighted by atomic mass is 16.1. The maximum Gasteiger partial charge on any atom is 0.253 e. The van der Waals surface area contributed by atoms with E-state index in [1.807, 2.05) is 19.1 Å². The number of aromatic nitrogens is 1. The van der Waals surface area contributed by atoms with Crippen molar-refractivity contribution in [3.05, 3.63) is 23.9 Å². The van der Waals surface area contributed by atoms with Crippen LogP contribution in [0.25, 0.3) is 0 Å². The van der Waals surface area contributed by atoms with Gasteiger partial charge in [-0.25, -0.2) is 4.98 Å². The number of piperazine rings is 1. The van der Waals surface area contributed by atoms with Gasteiger partial charge in [-0.1, -0.05) is 6.92 Å². The van der Waals surface area contributed by atoms with Gasteiger partial charge in [0.2, 0.25) is 0 Å². The molecule has 0 aliphatic carbocycles. The molecule has 1 aromatic heterocycles. The molecule has 104 valence electrons. The Hall–Kier alpha value is -1.62. The fraction of sp³-hybridized carbons (Fsp3) is 0.571. The number of amides is 1. The van der Waals surface area contributed by atoms with E-state index < -0.39 is 0 Å². The number of hydrogen-bond donors (Lipinski definition) is 2. The van der Waals surface area contributed by atoms with E-state index in [-0.39, 0.29) is 11.9 Å². The van der Waals surface area contributed by atoms with Crippen LogP contribution in [-0.4, -0.2) is 43.1 Å². The molecule has 1 amide bonds. The van der Waals surface area contributed by atoms with Crippen LogP contribution in [0.2, 0.25) is 0 Å². The van der Waals surface area contributed by atoms with Gasteiger partial charge in [0.15, 0.2) is 0 Å². The van der Waals surface area contributed by atoms with E-state index in [2.05, 4.69) is 27.4 Å². The van der Waals surface area contributed by atoms with Gasteiger partial charge in [-0.15, -0.1) is 0 Å². The Morgan fingerprint density at radius 2 is 2.21 bits per heavy atom. The normalized spacial score (nSPS) is 17.1. The average molecular weight is 262 g/mol. The summed E-state index contributed by atoms with van der Waals surface area (Å²) in [5, 5.41) is 6.25. The summed E-state index contributed by atoms with van der Waals surface area (Å²) in [5.74, 6) is 0.898. The number of carbonyl (C=O) groups is 1. The van der Waals surface area contributed by atoms with Crippen molar-refractivity contribution in [2.45, 2.75) is 26.3 Å². The van der Waals surface area contributed by atoms with Crippen molar-refractivity contribution < 1.29 is 4.79 Å². The van der Waals surface area contributed by atoms with E-state index in [9.17, 15) is 4.79 Å². The van der Waals surface area contributed by atoms with Gasteiger partial charge < -0.3 is 15.5 Å². The van der Waals surface area contributed by atoms with Gasteiger partial charge in [0.25, 0.3) is 5.91 Å². The molecule has 0 radical (unpaired) electrons. The van der Waals surface area contributed by atoms with Crippen LogP contribution in [0.3, 0.4) is 0 Å². The molecule has 0 saturated carbocycles. The standard InChI is InChI=1S/C14H22N4O/c1-3-11(2)17-14(19)12-4-5-13(16-10-12)18-8-6-15-7-9-18/h4-5,10-11,15H,3,6-9H2,1-2H3,(H,17,19). The summed E-state index contributed by atoms with van der Waals surface area (Å²) < 4.78 is 0. The Kier molecular flexibility index (Phi) is 4.74. The van der Waals surface area contributed by atoms with Gasteiger partial charge in [-0.05, 0) is 25.5 Å². The lowest BCUT2D eigenvalue weighted by Gasteiger charge is -2.28. The van der Waals surface area contributed by atoms with Crippen LogP contribution in [0.5, 0.6) is 0 Å². The molecule has 1 atom stereocenters. The summed E-state index contributed by atoms with van der Waals surface area (Å²) in [6, 6.07) is 3.97. The zero-order chi connectivity index (χ0) is 13.7. The maximum absolute atomic E-state index is 11.9. The quantitative estimate of drug-likeness (QED) is 0.850. The summed E-state index contributed by atoms with van der Waals surface area (Å²) in [6.45, 7) is 7.95. The van der Waals surface area contributed by atoms with Crippen molar-refractivity contribution in [1.29, 1.82) is 0 Å². The second-order valence-electron chi connectivity index (χ2n) is 4.92. The molecular weight excluding hydrogens is 240 g/mol. The number of carbonyl (C=O) groups excluding carboxylic acids is 1. The third-order valence-electron chi connectivity index (χ3n) is 3.44. The molecule has 1 aliphatic heterocycles. The fourth-order valence-corrected chi connectivity index (χ4v) is 2.01. The van der Waals surface area contributed by atoms with E-state index >= 15 is 0 Å². The van der Waals surface area contributed by atoms with Crippen LogP contribution < -0.4 is 15.5 Å². The zero-order valence-electron chi connectivity index (χ0n) is 11.6. The number of nitrogens with zero attached hydrogens (tertiary/aromatic N) is 2. The second-order valence-corrected chi connectivity index (χ2v) is 4.92. The number of anilines is 1. The number of pyridine rings is 1.